The van der Waals surface area contributed by atoms with Crippen molar-refractivity contribution in [3.05, 3.63) is 16.3 Å². The van der Waals surface area contributed by atoms with Crippen LogP contribution in [0.1, 0.15) is 31.5 Å². The number of piperidine rings is 1. The van der Waals surface area contributed by atoms with E-state index < -0.39 is 0 Å². The fraction of sp³-hybridized carbons (Fsp3) is 0.800. The molecule has 3 heterocycles. The van der Waals surface area contributed by atoms with Crippen LogP contribution in [0.25, 0.3) is 0 Å². The second-order valence-electron chi connectivity index (χ2n) is 4.80. The first-order valence-electron chi connectivity index (χ1n) is 5.69. The molecule has 5 nitrogen and oxygen atoms in total. The molecule has 0 radical (unpaired) electrons. The Labute approximate surface area is 87.7 Å². The average Bonchev–Trinajstić information content (AvgIpc) is 2.74. The lowest BCUT2D eigenvalue weighted by molar-refractivity contribution is 0.295. The van der Waals surface area contributed by atoms with Crippen molar-refractivity contribution in [2.75, 3.05) is 0 Å². The number of aromatic amines is 2. The number of aromatic nitrogens is 3. The van der Waals surface area contributed by atoms with Crippen molar-refractivity contribution < 1.29 is 0 Å². The van der Waals surface area contributed by atoms with Gasteiger partial charge in [0.25, 0.3) is 0 Å². The Hall–Kier alpha value is -1.10. The van der Waals surface area contributed by atoms with Gasteiger partial charge in [-0.05, 0) is 31.6 Å². The summed E-state index contributed by atoms with van der Waals surface area (Å²) in [4.78, 5) is 13.6. The Morgan fingerprint density at radius 3 is 2.60 bits per heavy atom. The third-order valence-corrected chi connectivity index (χ3v) is 3.60. The molecule has 0 amide bonds. The summed E-state index contributed by atoms with van der Waals surface area (Å²) in [6.07, 6.45) is 6.00. The van der Waals surface area contributed by atoms with E-state index in [1.165, 1.54) is 25.7 Å². The van der Waals surface area contributed by atoms with Gasteiger partial charge in [-0.2, -0.15) is 5.10 Å². The smallest absolute Gasteiger partial charge is 0.311 e. The van der Waals surface area contributed by atoms with E-state index >= 15 is 0 Å². The molecule has 0 aliphatic carbocycles. The van der Waals surface area contributed by atoms with Crippen LogP contribution < -0.4 is 11.0 Å². The maximum atomic E-state index is 10.9. The van der Waals surface area contributed by atoms with Crippen LogP contribution in [-0.4, -0.2) is 27.3 Å². The van der Waals surface area contributed by atoms with Crippen LogP contribution in [0.3, 0.4) is 0 Å². The van der Waals surface area contributed by atoms with Crippen molar-refractivity contribution in [3.8, 4) is 0 Å². The van der Waals surface area contributed by atoms with E-state index in [0.717, 1.165) is 12.2 Å². The minimum absolute atomic E-state index is 0.193. The van der Waals surface area contributed by atoms with E-state index in [1.807, 2.05) is 0 Å². The molecule has 0 spiro atoms. The van der Waals surface area contributed by atoms with Gasteiger partial charge in [-0.3, -0.25) is 4.98 Å². The highest BCUT2D eigenvalue weighted by Gasteiger charge is 2.33. The molecule has 0 aromatic carbocycles. The third kappa shape index (κ3) is 1.84. The standard InChI is InChI=1S/C10H16N4O/c15-10-12-9(13-14-10)5-6-3-7-1-2-8(4-6)11-7/h6-8,11H,1-5H2,(H2,12,13,14,15). The Kier molecular flexibility index (Phi) is 2.12. The van der Waals surface area contributed by atoms with Crippen LogP contribution in [0, 0.1) is 5.92 Å². The molecule has 2 fully saturated rings. The summed E-state index contributed by atoms with van der Waals surface area (Å²) in [6.45, 7) is 0. The normalized spacial score (nSPS) is 34.5. The van der Waals surface area contributed by atoms with Crippen molar-refractivity contribution >= 4 is 0 Å². The average molecular weight is 208 g/mol. The Morgan fingerprint density at radius 1 is 1.27 bits per heavy atom. The van der Waals surface area contributed by atoms with Gasteiger partial charge in [-0.15, -0.1) is 0 Å². The predicted molar refractivity (Wildman–Crippen MR) is 55.6 cm³/mol. The highest BCUT2D eigenvalue weighted by molar-refractivity contribution is 4.95. The third-order valence-electron chi connectivity index (χ3n) is 3.60. The summed E-state index contributed by atoms with van der Waals surface area (Å²) in [5.41, 5.74) is -0.193. The number of nitrogens with zero attached hydrogens (tertiary/aromatic N) is 1. The monoisotopic (exact) mass is 208 g/mol. The van der Waals surface area contributed by atoms with Gasteiger partial charge in [0.1, 0.15) is 5.82 Å². The first-order chi connectivity index (χ1) is 7.29. The summed E-state index contributed by atoms with van der Waals surface area (Å²) < 4.78 is 0. The van der Waals surface area contributed by atoms with Crippen LogP contribution in [0.4, 0.5) is 0 Å². The number of hydrogen-bond acceptors (Lipinski definition) is 3. The van der Waals surface area contributed by atoms with Crippen LogP contribution in [-0.2, 0) is 6.42 Å². The lowest BCUT2D eigenvalue weighted by Crippen LogP contribution is -2.38. The zero-order valence-electron chi connectivity index (χ0n) is 8.62. The van der Waals surface area contributed by atoms with E-state index in [2.05, 4.69) is 20.5 Å². The number of hydrogen-bond donors (Lipinski definition) is 3. The highest BCUT2D eigenvalue weighted by Crippen LogP contribution is 2.32. The molecule has 3 rings (SSSR count). The number of fused-ring (bicyclic) bond motifs is 2. The largest absolute Gasteiger partial charge is 0.340 e. The summed E-state index contributed by atoms with van der Waals surface area (Å²) in [6, 6.07) is 1.42. The highest BCUT2D eigenvalue weighted by atomic mass is 16.1. The molecule has 5 heteroatoms. The van der Waals surface area contributed by atoms with Crippen molar-refractivity contribution in [3.63, 3.8) is 0 Å². The Balaban J connectivity index is 1.66. The molecule has 82 valence electrons. The molecule has 2 aliphatic rings. The van der Waals surface area contributed by atoms with Gasteiger partial charge >= 0.3 is 5.69 Å². The van der Waals surface area contributed by atoms with Crippen molar-refractivity contribution in [2.45, 2.75) is 44.2 Å². The van der Waals surface area contributed by atoms with Crippen LogP contribution in [0.15, 0.2) is 4.79 Å². The maximum Gasteiger partial charge on any atom is 0.340 e. The van der Waals surface area contributed by atoms with Gasteiger partial charge in [-0.1, -0.05) is 0 Å². The fourth-order valence-electron chi connectivity index (χ4n) is 3.02. The van der Waals surface area contributed by atoms with Gasteiger partial charge in [-0.25, -0.2) is 9.89 Å². The fourth-order valence-corrected chi connectivity index (χ4v) is 3.02. The first kappa shape index (κ1) is 9.15. The second-order valence-corrected chi connectivity index (χ2v) is 4.80. The molecule has 3 N–H and O–H groups in total. The van der Waals surface area contributed by atoms with E-state index in [1.54, 1.807) is 0 Å². The summed E-state index contributed by atoms with van der Waals surface area (Å²) >= 11 is 0. The lowest BCUT2D eigenvalue weighted by Gasteiger charge is -2.28. The predicted octanol–water partition coefficient (Wildman–Crippen LogP) is 0.171. The molecule has 2 bridgehead atoms. The molecular weight excluding hydrogens is 192 g/mol. The number of nitrogens with one attached hydrogen (secondary N) is 3. The summed E-state index contributed by atoms with van der Waals surface area (Å²) in [7, 11) is 0. The SMILES string of the molecule is O=c1[nH]nc(CC2CC3CCC(C2)N3)[nH]1. The number of H-pyrrole nitrogens is 2. The molecule has 0 saturated carbocycles. The zero-order valence-corrected chi connectivity index (χ0v) is 8.62. The zero-order chi connectivity index (χ0) is 10.3. The Morgan fingerprint density at radius 2 is 2.00 bits per heavy atom. The minimum Gasteiger partial charge on any atom is -0.311 e. The minimum atomic E-state index is -0.193. The molecule has 15 heavy (non-hydrogen) atoms. The lowest BCUT2D eigenvalue weighted by atomic mass is 9.89. The van der Waals surface area contributed by atoms with Gasteiger partial charge in [0.2, 0.25) is 0 Å². The van der Waals surface area contributed by atoms with Crippen molar-refractivity contribution in [1.82, 2.24) is 20.5 Å². The van der Waals surface area contributed by atoms with Crippen LogP contribution >= 0.6 is 0 Å². The summed E-state index contributed by atoms with van der Waals surface area (Å²) in [5.74, 6) is 1.49. The molecule has 1 aromatic heterocycles. The van der Waals surface area contributed by atoms with Gasteiger partial charge < -0.3 is 5.32 Å². The number of rotatable bonds is 2. The Bertz CT molecular complexity index is 384. The molecule has 2 saturated heterocycles. The van der Waals surface area contributed by atoms with Gasteiger partial charge in [0, 0.05) is 18.5 Å². The molecule has 1 aromatic rings. The van der Waals surface area contributed by atoms with E-state index in [9.17, 15) is 4.79 Å². The van der Waals surface area contributed by atoms with E-state index in [4.69, 9.17) is 0 Å². The van der Waals surface area contributed by atoms with Crippen LogP contribution in [0.2, 0.25) is 0 Å². The van der Waals surface area contributed by atoms with Crippen molar-refractivity contribution in [2.24, 2.45) is 5.92 Å². The van der Waals surface area contributed by atoms with E-state index in [0.29, 0.717) is 18.0 Å². The first-order valence-corrected chi connectivity index (χ1v) is 5.69. The second kappa shape index (κ2) is 3.48. The molecule has 2 unspecified atom stereocenters. The molecule has 2 aliphatic heterocycles. The summed E-state index contributed by atoms with van der Waals surface area (Å²) in [5, 5.41) is 10.00. The molecule has 2 atom stereocenters. The van der Waals surface area contributed by atoms with Crippen LogP contribution in [0.5, 0.6) is 0 Å². The maximum absolute atomic E-state index is 10.9. The van der Waals surface area contributed by atoms with Gasteiger partial charge in [0.15, 0.2) is 0 Å². The quantitative estimate of drug-likeness (QED) is 0.648. The topological polar surface area (TPSA) is 73.6 Å². The molecular formula is C10H16N4O. The van der Waals surface area contributed by atoms with E-state index in [-0.39, 0.29) is 5.69 Å². The van der Waals surface area contributed by atoms with Crippen molar-refractivity contribution in [1.29, 1.82) is 0 Å². The van der Waals surface area contributed by atoms with Gasteiger partial charge in [0.05, 0.1) is 0 Å².